The maximum atomic E-state index is 12.7. The van der Waals surface area contributed by atoms with Gasteiger partial charge in [-0.1, -0.05) is 42.5 Å². The van der Waals surface area contributed by atoms with Gasteiger partial charge in [0.05, 0.1) is 17.6 Å². The van der Waals surface area contributed by atoms with E-state index in [1.54, 1.807) is 42.0 Å². The van der Waals surface area contributed by atoms with E-state index in [-0.39, 0.29) is 18.0 Å². The van der Waals surface area contributed by atoms with Gasteiger partial charge in [-0.3, -0.25) is 0 Å². The van der Waals surface area contributed by atoms with Crippen LogP contribution in [0.2, 0.25) is 0 Å². The summed E-state index contributed by atoms with van der Waals surface area (Å²) >= 11 is 0. The zero-order chi connectivity index (χ0) is 23.5. The predicted octanol–water partition coefficient (Wildman–Crippen LogP) is 3.31. The van der Waals surface area contributed by atoms with Gasteiger partial charge in [0.25, 0.3) is 0 Å². The van der Waals surface area contributed by atoms with Crippen molar-refractivity contribution in [3.8, 4) is 23.0 Å². The second-order valence-corrected chi connectivity index (χ2v) is 9.19. The number of sulfonamides is 1. The molecule has 9 nitrogen and oxygen atoms in total. The number of hydrogen-bond acceptors (Lipinski definition) is 7. The lowest BCUT2D eigenvalue weighted by Gasteiger charge is -2.09. The van der Waals surface area contributed by atoms with Crippen molar-refractivity contribution in [1.82, 2.24) is 24.5 Å². The quantitative estimate of drug-likeness (QED) is 0.343. The highest BCUT2D eigenvalue weighted by Crippen LogP contribution is 2.28. The first-order valence-electron chi connectivity index (χ1n) is 10.5. The lowest BCUT2D eigenvalue weighted by Crippen LogP contribution is -2.28. The minimum atomic E-state index is -3.67. The Morgan fingerprint density at radius 3 is 2.56 bits per heavy atom. The number of hydrogen-bond donors (Lipinski definition) is 1. The first-order chi connectivity index (χ1) is 16.5. The molecule has 0 saturated heterocycles. The number of methoxy groups -OCH3 is 1. The summed E-state index contributed by atoms with van der Waals surface area (Å²) in [6.07, 6.45) is 0. The van der Waals surface area contributed by atoms with Crippen molar-refractivity contribution in [1.29, 1.82) is 0 Å². The van der Waals surface area contributed by atoms with Gasteiger partial charge in [-0.15, -0.1) is 15.3 Å². The van der Waals surface area contributed by atoms with Gasteiger partial charge in [-0.25, -0.2) is 13.1 Å². The summed E-state index contributed by atoms with van der Waals surface area (Å²) in [5, 5.41) is 14.7. The molecule has 0 aliphatic carbocycles. The summed E-state index contributed by atoms with van der Waals surface area (Å²) < 4.78 is 40.6. The molecule has 3 aromatic carbocycles. The number of fused-ring (bicyclic) bond motifs is 2. The van der Waals surface area contributed by atoms with E-state index < -0.39 is 10.0 Å². The van der Waals surface area contributed by atoms with Gasteiger partial charge in [-0.05, 0) is 41.1 Å². The first-order valence-corrected chi connectivity index (χ1v) is 12.0. The molecule has 0 radical (unpaired) electrons. The fourth-order valence-electron chi connectivity index (χ4n) is 3.60. The van der Waals surface area contributed by atoms with Crippen LogP contribution in [0, 0.1) is 0 Å². The minimum Gasteiger partial charge on any atom is -0.496 e. The molecular formula is C24H21N5O4S. The average Bonchev–Trinajstić information content (AvgIpc) is 3.29. The SMILES string of the molecule is COc1ccccc1-c1nnc2ccc(OCCNS(=O)(=O)c3ccc4ccccc4c3)nn12. The number of aromatic nitrogens is 4. The summed E-state index contributed by atoms with van der Waals surface area (Å²) in [5.74, 6) is 1.47. The maximum absolute atomic E-state index is 12.7. The van der Waals surface area contributed by atoms with E-state index in [9.17, 15) is 8.42 Å². The molecule has 0 aliphatic heterocycles. The molecule has 0 unspecified atom stereocenters. The molecule has 0 bridgehead atoms. The Morgan fingerprint density at radius 1 is 0.912 bits per heavy atom. The first kappa shape index (κ1) is 21.8. The number of rotatable bonds is 8. The van der Waals surface area contributed by atoms with Crippen molar-refractivity contribution in [2.24, 2.45) is 0 Å². The Bertz CT molecular complexity index is 1580. The van der Waals surface area contributed by atoms with Crippen LogP contribution in [0.15, 0.2) is 83.8 Å². The molecule has 0 saturated carbocycles. The van der Waals surface area contributed by atoms with E-state index in [4.69, 9.17) is 9.47 Å². The third-order valence-electron chi connectivity index (χ3n) is 5.26. The van der Waals surface area contributed by atoms with Crippen LogP contribution in [0.5, 0.6) is 11.6 Å². The van der Waals surface area contributed by atoms with Gasteiger partial charge < -0.3 is 9.47 Å². The fraction of sp³-hybridized carbons (Fsp3) is 0.125. The molecule has 0 fully saturated rings. The Kier molecular flexibility index (Phi) is 5.83. The van der Waals surface area contributed by atoms with Gasteiger partial charge in [0.1, 0.15) is 12.4 Å². The van der Waals surface area contributed by atoms with Crippen LogP contribution in [-0.2, 0) is 10.0 Å². The zero-order valence-corrected chi connectivity index (χ0v) is 19.1. The maximum Gasteiger partial charge on any atom is 0.240 e. The lowest BCUT2D eigenvalue weighted by molar-refractivity contribution is 0.306. The molecule has 0 aliphatic rings. The van der Waals surface area contributed by atoms with Gasteiger partial charge in [0.2, 0.25) is 15.9 Å². The van der Waals surface area contributed by atoms with E-state index >= 15 is 0 Å². The smallest absolute Gasteiger partial charge is 0.240 e. The van der Waals surface area contributed by atoms with Crippen molar-refractivity contribution < 1.29 is 17.9 Å². The number of benzene rings is 3. The number of para-hydroxylation sites is 1. The predicted molar refractivity (Wildman–Crippen MR) is 127 cm³/mol. The van der Waals surface area contributed by atoms with Gasteiger partial charge in [-0.2, -0.15) is 4.52 Å². The molecule has 34 heavy (non-hydrogen) atoms. The molecule has 172 valence electrons. The molecule has 0 atom stereocenters. The summed E-state index contributed by atoms with van der Waals surface area (Å²) in [7, 11) is -2.09. The molecule has 10 heteroatoms. The lowest BCUT2D eigenvalue weighted by atomic mass is 10.1. The Morgan fingerprint density at radius 2 is 1.71 bits per heavy atom. The fourth-order valence-corrected chi connectivity index (χ4v) is 4.64. The van der Waals surface area contributed by atoms with E-state index in [0.717, 1.165) is 16.3 Å². The standard InChI is InChI=1S/C24H21N5O4S/c1-32-21-9-5-4-8-20(21)24-27-26-22-12-13-23(28-29(22)24)33-15-14-25-34(30,31)19-11-10-17-6-2-3-7-18(17)16-19/h2-13,16,25H,14-15H2,1H3. The van der Waals surface area contributed by atoms with Crippen molar-refractivity contribution in [3.05, 3.63) is 78.9 Å². The van der Waals surface area contributed by atoms with Crippen molar-refractivity contribution in [2.45, 2.75) is 4.90 Å². The number of nitrogens with zero attached hydrogens (tertiary/aromatic N) is 4. The van der Waals surface area contributed by atoms with Crippen LogP contribution in [0.4, 0.5) is 0 Å². The summed E-state index contributed by atoms with van der Waals surface area (Å²) in [6.45, 7) is 0.174. The van der Waals surface area contributed by atoms with Crippen molar-refractivity contribution in [3.63, 3.8) is 0 Å². The van der Waals surface area contributed by atoms with E-state index in [2.05, 4.69) is 20.0 Å². The van der Waals surface area contributed by atoms with Crippen LogP contribution < -0.4 is 14.2 Å². The molecule has 2 aromatic heterocycles. The largest absolute Gasteiger partial charge is 0.496 e. The second kappa shape index (κ2) is 9.08. The number of ether oxygens (including phenoxy) is 2. The molecule has 0 spiro atoms. The molecule has 1 N–H and O–H groups in total. The molecule has 2 heterocycles. The Labute approximate surface area is 196 Å². The zero-order valence-electron chi connectivity index (χ0n) is 18.2. The van der Waals surface area contributed by atoms with Crippen LogP contribution in [0.25, 0.3) is 27.8 Å². The van der Waals surface area contributed by atoms with Crippen LogP contribution >= 0.6 is 0 Å². The third kappa shape index (κ3) is 4.28. The summed E-state index contributed by atoms with van der Waals surface area (Å²) in [4.78, 5) is 0.205. The normalized spacial score (nSPS) is 11.7. The Balaban J connectivity index is 1.28. The third-order valence-corrected chi connectivity index (χ3v) is 6.72. The summed E-state index contributed by atoms with van der Waals surface area (Å²) in [6, 6.07) is 23.5. The monoisotopic (exact) mass is 475 g/mol. The second-order valence-electron chi connectivity index (χ2n) is 7.42. The van der Waals surface area contributed by atoms with Crippen molar-refractivity contribution >= 4 is 26.4 Å². The van der Waals surface area contributed by atoms with E-state index in [0.29, 0.717) is 23.1 Å². The van der Waals surface area contributed by atoms with Gasteiger partial charge >= 0.3 is 0 Å². The van der Waals surface area contributed by atoms with E-state index in [1.807, 2.05) is 48.5 Å². The van der Waals surface area contributed by atoms with Gasteiger partial charge in [0.15, 0.2) is 11.5 Å². The van der Waals surface area contributed by atoms with Crippen LogP contribution in [0.1, 0.15) is 0 Å². The highest BCUT2D eigenvalue weighted by molar-refractivity contribution is 7.89. The topological polar surface area (TPSA) is 108 Å². The molecule has 5 aromatic rings. The molecule has 5 rings (SSSR count). The molecular weight excluding hydrogens is 454 g/mol. The van der Waals surface area contributed by atoms with Gasteiger partial charge in [0, 0.05) is 12.6 Å². The Hall–Kier alpha value is -4.02. The van der Waals surface area contributed by atoms with Crippen LogP contribution in [-0.4, -0.2) is 48.5 Å². The highest BCUT2D eigenvalue weighted by Gasteiger charge is 2.16. The van der Waals surface area contributed by atoms with Crippen molar-refractivity contribution in [2.75, 3.05) is 20.3 Å². The minimum absolute atomic E-state index is 0.0798. The number of nitrogens with one attached hydrogen (secondary N) is 1. The molecule has 0 amide bonds. The van der Waals surface area contributed by atoms with Crippen LogP contribution in [0.3, 0.4) is 0 Å². The average molecular weight is 476 g/mol. The van der Waals surface area contributed by atoms with E-state index in [1.165, 1.54) is 0 Å². The highest BCUT2D eigenvalue weighted by atomic mass is 32.2. The summed E-state index contributed by atoms with van der Waals surface area (Å²) in [5.41, 5.74) is 1.29.